The van der Waals surface area contributed by atoms with E-state index in [0.717, 1.165) is 5.56 Å². The maximum atomic E-state index is 8.69. The molecule has 1 aromatic heterocycles. The molecule has 0 aliphatic carbocycles. The van der Waals surface area contributed by atoms with Crippen molar-refractivity contribution < 1.29 is 14.7 Å². The molecule has 0 atom stereocenters. The molecule has 0 aliphatic heterocycles. The van der Waals surface area contributed by atoms with Crippen LogP contribution in [-0.2, 0) is 0 Å². The van der Waals surface area contributed by atoms with Gasteiger partial charge in [-0.05, 0) is 0 Å². The van der Waals surface area contributed by atoms with Crippen LogP contribution in [0.4, 0.5) is 0 Å². The van der Waals surface area contributed by atoms with E-state index in [1.165, 1.54) is 6.20 Å². The number of hydrogen-bond donors (Lipinski definition) is 3. The third kappa shape index (κ3) is 2.17. The minimum absolute atomic E-state index is 0.302. The Morgan fingerprint density at radius 2 is 1.93 bits per heavy atom. The molecule has 2 aromatic rings. The summed E-state index contributed by atoms with van der Waals surface area (Å²) in [7, 11) is -1.84. The Morgan fingerprint density at radius 3 is 2.60 bits per heavy atom. The summed E-state index contributed by atoms with van der Waals surface area (Å²) in [6.45, 7) is 0. The Morgan fingerprint density at radius 1 is 1.20 bits per heavy atom. The molecule has 6 heteroatoms. The first-order chi connectivity index (χ1) is 7.27. The highest BCUT2D eigenvalue weighted by molar-refractivity contribution is 6.33. The number of nitrogens with one attached hydrogen (secondary N) is 1. The predicted octanol–water partition coefficient (Wildman–Crippen LogP) is 0.425. The third-order valence-corrected chi connectivity index (χ3v) is 1.90. The van der Waals surface area contributed by atoms with E-state index < -0.39 is 7.32 Å². The van der Waals surface area contributed by atoms with Gasteiger partial charge in [-0.25, -0.2) is 0 Å². The van der Waals surface area contributed by atoms with Crippen molar-refractivity contribution in [3.05, 3.63) is 36.5 Å². The lowest BCUT2D eigenvalue weighted by Gasteiger charge is -2.04. The van der Waals surface area contributed by atoms with Crippen molar-refractivity contribution >= 4 is 7.32 Å². The SMILES string of the molecule is OB(O)Oc1cn[nH]c1-c1ccccc1. The molecular weight excluding hydrogens is 195 g/mol. The van der Waals surface area contributed by atoms with E-state index in [0.29, 0.717) is 11.4 Å². The molecule has 0 spiro atoms. The smallest absolute Gasteiger partial charge is 0.509 e. The average molecular weight is 204 g/mol. The maximum absolute atomic E-state index is 8.69. The van der Waals surface area contributed by atoms with Crippen molar-refractivity contribution in [2.75, 3.05) is 0 Å². The van der Waals surface area contributed by atoms with Gasteiger partial charge in [0.25, 0.3) is 0 Å². The summed E-state index contributed by atoms with van der Waals surface area (Å²) in [5.41, 5.74) is 1.48. The third-order valence-electron chi connectivity index (χ3n) is 1.90. The standard InChI is InChI=1S/C9H9BN2O3/c13-10(14)15-8-6-11-12-9(8)7-4-2-1-3-5-7/h1-6,13-14H,(H,11,12). The second-order valence-corrected chi connectivity index (χ2v) is 2.92. The lowest BCUT2D eigenvalue weighted by atomic mass is 10.1. The van der Waals surface area contributed by atoms with Crippen LogP contribution in [0, 0.1) is 0 Å². The van der Waals surface area contributed by atoms with Gasteiger partial charge >= 0.3 is 7.32 Å². The Kier molecular flexibility index (Phi) is 2.71. The number of benzene rings is 1. The van der Waals surface area contributed by atoms with Crippen LogP contribution in [0.2, 0.25) is 0 Å². The van der Waals surface area contributed by atoms with Crippen LogP contribution in [0.15, 0.2) is 36.5 Å². The normalized spacial score (nSPS) is 10.0. The quantitative estimate of drug-likeness (QED) is 0.633. The fourth-order valence-electron chi connectivity index (χ4n) is 1.29. The maximum Gasteiger partial charge on any atom is 0.707 e. The summed E-state index contributed by atoms with van der Waals surface area (Å²) in [6.07, 6.45) is 1.39. The molecule has 0 bridgehead atoms. The fraction of sp³-hybridized carbons (Fsp3) is 0. The summed E-state index contributed by atoms with van der Waals surface area (Å²) in [4.78, 5) is 0. The second kappa shape index (κ2) is 4.16. The van der Waals surface area contributed by atoms with Gasteiger partial charge in [0.1, 0.15) is 11.4 Å². The van der Waals surface area contributed by atoms with Gasteiger partial charge in [0.15, 0.2) is 0 Å². The zero-order valence-corrected chi connectivity index (χ0v) is 7.79. The van der Waals surface area contributed by atoms with Crippen LogP contribution in [0.25, 0.3) is 11.3 Å². The summed E-state index contributed by atoms with van der Waals surface area (Å²) in [5, 5.41) is 23.9. The monoisotopic (exact) mass is 204 g/mol. The molecule has 1 heterocycles. The Labute approximate surface area is 86.5 Å². The molecule has 15 heavy (non-hydrogen) atoms. The second-order valence-electron chi connectivity index (χ2n) is 2.92. The summed E-state index contributed by atoms with van der Waals surface area (Å²) in [6, 6.07) is 9.36. The van der Waals surface area contributed by atoms with E-state index >= 15 is 0 Å². The van der Waals surface area contributed by atoms with Crippen LogP contribution in [0.1, 0.15) is 0 Å². The van der Waals surface area contributed by atoms with Gasteiger partial charge < -0.3 is 14.7 Å². The van der Waals surface area contributed by atoms with E-state index in [4.69, 9.17) is 14.7 Å². The lowest BCUT2D eigenvalue weighted by Crippen LogP contribution is -2.20. The van der Waals surface area contributed by atoms with Gasteiger partial charge in [0, 0.05) is 5.56 Å². The minimum Gasteiger partial charge on any atom is -0.509 e. The highest BCUT2D eigenvalue weighted by Crippen LogP contribution is 2.26. The zero-order valence-electron chi connectivity index (χ0n) is 7.79. The zero-order chi connectivity index (χ0) is 10.7. The molecule has 0 aliphatic rings. The number of aromatic amines is 1. The minimum atomic E-state index is -1.84. The van der Waals surface area contributed by atoms with Gasteiger partial charge in [-0.2, -0.15) is 5.10 Å². The molecule has 0 radical (unpaired) electrons. The van der Waals surface area contributed by atoms with Crippen molar-refractivity contribution in [1.82, 2.24) is 10.2 Å². The molecule has 0 saturated heterocycles. The van der Waals surface area contributed by atoms with Gasteiger partial charge in [-0.3, -0.25) is 5.10 Å². The molecule has 76 valence electrons. The molecule has 0 unspecified atom stereocenters. The lowest BCUT2D eigenvalue weighted by molar-refractivity contribution is 0.288. The molecule has 0 fully saturated rings. The van der Waals surface area contributed by atoms with Crippen LogP contribution < -0.4 is 4.65 Å². The Hall–Kier alpha value is -1.79. The van der Waals surface area contributed by atoms with Crippen LogP contribution in [-0.4, -0.2) is 27.6 Å². The van der Waals surface area contributed by atoms with Gasteiger partial charge in [0.2, 0.25) is 0 Å². The summed E-state index contributed by atoms with van der Waals surface area (Å²) >= 11 is 0. The number of rotatable bonds is 3. The van der Waals surface area contributed by atoms with Crippen LogP contribution in [0.5, 0.6) is 5.75 Å². The first-order valence-corrected chi connectivity index (χ1v) is 4.39. The van der Waals surface area contributed by atoms with Crippen molar-refractivity contribution in [2.24, 2.45) is 0 Å². The van der Waals surface area contributed by atoms with Crippen LogP contribution in [0.3, 0.4) is 0 Å². The molecule has 1 aromatic carbocycles. The number of hydrogen-bond acceptors (Lipinski definition) is 4. The van der Waals surface area contributed by atoms with Crippen molar-refractivity contribution in [1.29, 1.82) is 0 Å². The Balaban J connectivity index is 2.33. The Bertz CT molecular complexity index is 430. The molecule has 3 N–H and O–H groups in total. The van der Waals surface area contributed by atoms with Gasteiger partial charge in [-0.15, -0.1) is 0 Å². The molecule has 5 nitrogen and oxygen atoms in total. The van der Waals surface area contributed by atoms with E-state index in [1.807, 2.05) is 30.3 Å². The van der Waals surface area contributed by atoms with Crippen molar-refractivity contribution in [3.8, 4) is 17.0 Å². The number of nitrogens with zero attached hydrogens (tertiary/aromatic N) is 1. The van der Waals surface area contributed by atoms with E-state index in [1.54, 1.807) is 0 Å². The first kappa shape index (κ1) is 9.76. The van der Waals surface area contributed by atoms with E-state index in [-0.39, 0.29) is 0 Å². The molecule has 0 saturated carbocycles. The summed E-state index contributed by atoms with van der Waals surface area (Å²) in [5.74, 6) is 0.302. The predicted molar refractivity (Wildman–Crippen MR) is 54.8 cm³/mol. The first-order valence-electron chi connectivity index (χ1n) is 4.39. The van der Waals surface area contributed by atoms with Crippen LogP contribution >= 0.6 is 0 Å². The largest absolute Gasteiger partial charge is 0.707 e. The highest BCUT2D eigenvalue weighted by atomic mass is 16.6. The molecular formula is C9H9BN2O3. The number of aromatic nitrogens is 2. The van der Waals surface area contributed by atoms with Gasteiger partial charge in [-0.1, -0.05) is 30.3 Å². The van der Waals surface area contributed by atoms with Gasteiger partial charge in [0.05, 0.1) is 6.20 Å². The summed E-state index contributed by atoms with van der Waals surface area (Å²) < 4.78 is 4.76. The van der Waals surface area contributed by atoms with Crippen molar-refractivity contribution in [3.63, 3.8) is 0 Å². The average Bonchev–Trinajstić information content (AvgIpc) is 2.66. The highest BCUT2D eigenvalue weighted by Gasteiger charge is 2.16. The number of H-pyrrole nitrogens is 1. The molecule has 0 amide bonds. The van der Waals surface area contributed by atoms with E-state index in [9.17, 15) is 0 Å². The van der Waals surface area contributed by atoms with Crippen molar-refractivity contribution in [2.45, 2.75) is 0 Å². The fourth-order valence-corrected chi connectivity index (χ4v) is 1.29. The molecule has 2 rings (SSSR count). The topological polar surface area (TPSA) is 78.4 Å². The van der Waals surface area contributed by atoms with E-state index in [2.05, 4.69) is 10.2 Å².